The highest BCUT2D eigenvalue weighted by Crippen LogP contribution is 2.06. The Morgan fingerprint density at radius 3 is 2.85 bits per heavy atom. The molecule has 1 unspecified atom stereocenters. The highest BCUT2D eigenvalue weighted by molar-refractivity contribution is 5.85. The SMILES string of the molecule is Cl.Cl.O=C(NCCCNc1ccccn1)C1CCNC1. The van der Waals surface area contributed by atoms with Crippen molar-refractivity contribution >= 4 is 36.5 Å². The normalized spacial score (nSPS) is 16.7. The van der Waals surface area contributed by atoms with Crippen molar-refractivity contribution in [3.8, 4) is 0 Å². The lowest BCUT2D eigenvalue weighted by atomic mass is 10.1. The molecule has 1 aliphatic heterocycles. The lowest BCUT2D eigenvalue weighted by Gasteiger charge is -2.10. The summed E-state index contributed by atoms with van der Waals surface area (Å²) in [5, 5.41) is 9.38. The Bertz CT molecular complexity index is 372. The molecule has 0 bridgehead atoms. The van der Waals surface area contributed by atoms with Gasteiger partial charge in [0.15, 0.2) is 0 Å². The number of aromatic nitrogens is 1. The lowest BCUT2D eigenvalue weighted by molar-refractivity contribution is -0.124. The average molecular weight is 321 g/mol. The van der Waals surface area contributed by atoms with Crippen LogP contribution in [0.3, 0.4) is 0 Å². The molecule has 7 heteroatoms. The van der Waals surface area contributed by atoms with Gasteiger partial charge in [0, 0.05) is 25.8 Å². The van der Waals surface area contributed by atoms with Gasteiger partial charge in [-0.15, -0.1) is 24.8 Å². The van der Waals surface area contributed by atoms with E-state index in [1.165, 1.54) is 0 Å². The zero-order valence-corrected chi connectivity index (χ0v) is 12.9. The molecule has 5 nitrogen and oxygen atoms in total. The van der Waals surface area contributed by atoms with Crippen LogP contribution in [0.15, 0.2) is 24.4 Å². The Hall–Kier alpha value is -1.04. The summed E-state index contributed by atoms with van der Waals surface area (Å²) < 4.78 is 0. The van der Waals surface area contributed by atoms with Gasteiger partial charge in [-0.1, -0.05) is 6.07 Å². The van der Waals surface area contributed by atoms with Crippen molar-refractivity contribution in [1.29, 1.82) is 0 Å². The first-order valence-corrected chi connectivity index (χ1v) is 6.49. The van der Waals surface area contributed by atoms with Gasteiger partial charge in [-0.25, -0.2) is 4.98 Å². The number of halogens is 2. The van der Waals surface area contributed by atoms with Gasteiger partial charge >= 0.3 is 0 Å². The molecule has 0 aromatic carbocycles. The molecule has 0 radical (unpaired) electrons. The second kappa shape index (κ2) is 10.7. The number of anilines is 1. The van der Waals surface area contributed by atoms with Crippen molar-refractivity contribution in [2.24, 2.45) is 5.92 Å². The Morgan fingerprint density at radius 1 is 1.35 bits per heavy atom. The molecule has 1 aromatic heterocycles. The summed E-state index contributed by atoms with van der Waals surface area (Å²) in [6, 6.07) is 5.77. The third-order valence-corrected chi connectivity index (χ3v) is 3.05. The molecule has 1 atom stereocenters. The monoisotopic (exact) mass is 320 g/mol. The van der Waals surface area contributed by atoms with Gasteiger partial charge in [0.1, 0.15) is 5.82 Å². The van der Waals surface area contributed by atoms with Crippen LogP contribution in [0.1, 0.15) is 12.8 Å². The van der Waals surface area contributed by atoms with Crippen LogP contribution in [0.25, 0.3) is 0 Å². The summed E-state index contributed by atoms with van der Waals surface area (Å²) >= 11 is 0. The first-order valence-electron chi connectivity index (χ1n) is 6.49. The first kappa shape index (κ1) is 19.0. The van der Waals surface area contributed by atoms with Crippen LogP contribution in [0.5, 0.6) is 0 Å². The number of hydrogen-bond donors (Lipinski definition) is 3. The summed E-state index contributed by atoms with van der Waals surface area (Å²) in [4.78, 5) is 15.9. The van der Waals surface area contributed by atoms with Gasteiger partial charge in [0.2, 0.25) is 5.91 Å². The third kappa shape index (κ3) is 6.41. The summed E-state index contributed by atoms with van der Waals surface area (Å²) in [5.41, 5.74) is 0. The molecule has 0 saturated carbocycles. The van der Waals surface area contributed by atoms with E-state index in [1.54, 1.807) is 6.20 Å². The zero-order chi connectivity index (χ0) is 12.6. The maximum absolute atomic E-state index is 11.7. The second-order valence-corrected chi connectivity index (χ2v) is 4.48. The molecular formula is C13H22Cl2N4O. The van der Waals surface area contributed by atoms with E-state index in [2.05, 4.69) is 20.9 Å². The number of carbonyl (C=O) groups excluding carboxylic acids is 1. The van der Waals surface area contributed by atoms with Crippen LogP contribution in [-0.2, 0) is 4.79 Å². The molecule has 3 N–H and O–H groups in total. The summed E-state index contributed by atoms with van der Waals surface area (Å²) in [6.45, 7) is 3.31. The molecule has 1 amide bonds. The van der Waals surface area contributed by atoms with Gasteiger partial charge in [-0.05, 0) is 31.5 Å². The number of hydrogen-bond acceptors (Lipinski definition) is 4. The highest BCUT2D eigenvalue weighted by Gasteiger charge is 2.21. The average Bonchev–Trinajstić information content (AvgIpc) is 2.93. The van der Waals surface area contributed by atoms with Crippen molar-refractivity contribution in [3.63, 3.8) is 0 Å². The molecule has 1 aliphatic rings. The van der Waals surface area contributed by atoms with Crippen molar-refractivity contribution in [3.05, 3.63) is 24.4 Å². The van der Waals surface area contributed by atoms with Crippen LogP contribution in [0.4, 0.5) is 5.82 Å². The van der Waals surface area contributed by atoms with E-state index in [0.29, 0.717) is 0 Å². The second-order valence-electron chi connectivity index (χ2n) is 4.48. The first-order chi connectivity index (χ1) is 8.86. The Morgan fingerprint density at radius 2 is 2.20 bits per heavy atom. The smallest absolute Gasteiger partial charge is 0.224 e. The molecule has 1 fully saturated rings. The standard InChI is InChI=1S/C13H20N4O.2ClH/c18-13(11-5-9-14-10-11)17-8-3-7-16-12-4-1-2-6-15-12;;/h1-2,4,6,11,14H,3,5,7-10H2,(H,15,16)(H,17,18);2*1H. The zero-order valence-electron chi connectivity index (χ0n) is 11.3. The predicted octanol–water partition coefficient (Wildman–Crippen LogP) is 1.45. The van der Waals surface area contributed by atoms with Gasteiger partial charge in [0.05, 0.1) is 5.92 Å². The van der Waals surface area contributed by atoms with E-state index in [9.17, 15) is 4.79 Å². The van der Waals surface area contributed by atoms with Gasteiger partial charge in [0.25, 0.3) is 0 Å². The van der Waals surface area contributed by atoms with Gasteiger partial charge < -0.3 is 16.0 Å². The highest BCUT2D eigenvalue weighted by atomic mass is 35.5. The fourth-order valence-corrected chi connectivity index (χ4v) is 2.01. The van der Waals surface area contributed by atoms with Crippen molar-refractivity contribution in [2.75, 3.05) is 31.5 Å². The van der Waals surface area contributed by atoms with Crippen molar-refractivity contribution in [2.45, 2.75) is 12.8 Å². The molecule has 114 valence electrons. The van der Waals surface area contributed by atoms with Gasteiger partial charge in [-0.2, -0.15) is 0 Å². The number of rotatable bonds is 6. The van der Waals surface area contributed by atoms with E-state index in [1.807, 2.05) is 18.2 Å². The number of nitrogens with zero attached hydrogens (tertiary/aromatic N) is 1. The molecular weight excluding hydrogens is 299 g/mol. The fraction of sp³-hybridized carbons (Fsp3) is 0.538. The maximum atomic E-state index is 11.7. The number of amides is 1. The third-order valence-electron chi connectivity index (χ3n) is 3.05. The summed E-state index contributed by atoms with van der Waals surface area (Å²) in [5.74, 6) is 1.22. The Kier molecular flexibility index (Phi) is 10.2. The van der Waals surface area contributed by atoms with Crippen LogP contribution in [0, 0.1) is 5.92 Å². The minimum atomic E-state index is 0. The molecule has 0 spiro atoms. The van der Waals surface area contributed by atoms with Crippen LogP contribution in [-0.4, -0.2) is 37.1 Å². The quantitative estimate of drug-likeness (QED) is 0.694. The van der Waals surface area contributed by atoms with E-state index in [0.717, 1.165) is 44.8 Å². The molecule has 2 rings (SSSR count). The fourth-order valence-electron chi connectivity index (χ4n) is 2.01. The lowest BCUT2D eigenvalue weighted by Crippen LogP contribution is -2.33. The number of pyridine rings is 1. The Labute approximate surface area is 132 Å². The minimum absolute atomic E-state index is 0. The topological polar surface area (TPSA) is 66.0 Å². The van der Waals surface area contributed by atoms with Crippen molar-refractivity contribution in [1.82, 2.24) is 15.6 Å². The molecule has 0 aliphatic carbocycles. The van der Waals surface area contributed by atoms with Crippen LogP contribution < -0.4 is 16.0 Å². The van der Waals surface area contributed by atoms with E-state index in [4.69, 9.17) is 0 Å². The predicted molar refractivity (Wildman–Crippen MR) is 85.8 cm³/mol. The molecule has 1 saturated heterocycles. The molecule has 2 heterocycles. The summed E-state index contributed by atoms with van der Waals surface area (Å²) in [6.07, 6.45) is 3.62. The minimum Gasteiger partial charge on any atom is -0.370 e. The maximum Gasteiger partial charge on any atom is 0.224 e. The van der Waals surface area contributed by atoms with E-state index >= 15 is 0 Å². The molecule has 1 aromatic rings. The molecule has 20 heavy (non-hydrogen) atoms. The van der Waals surface area contributed by atoms with E-state index in [-0.39, 0.29) is 36.6 Å². The number of nitrogens with one attached hydrogen (secondary N) is 3. The van der Waals surface area contributed by atoms with Gasteiger partial charge in [-0.3, -0.25) is 4.79 Å². The van der Waals surface area contributed by atoms with Crippen molar-refractivity contribution < 1.29 is 4.79 Å². The van der Waals surface area contributed by atoms with Crippen LogP contribution >= 0.6 is 24.8 Å². The van der Waals surface area contributed by atoms with Crippen LogP contribution in [0.2, 0.25) is 0 Å². The van der Waals surface area contributed by atoms with E-state index < -0.39 is 0 Å². The Balaban J connectivity index is 0.00000180. The largest absolute Gasteiger partial charge is 0.370 e. The number of carbonyl (C=O) groups is 1. The summed E-state index contributed by atoms with van der Waals surface area (Å²) in [7, 11) is 0.